The highest BCUT2D eigenvalue weighted by Crippen LogP contribution is 2.39. The Morgan fingerprint density at radius 3 is 2.66 bits per heavy atom. The molecule has 9 nitrogen and oxygen atoms in total. The molecule has 1 aliphatic carbocycles. The van der Waals surface area contributed by atoms with Crippen LogP contribution >= 0.6 is 0 Å². The van der Waals surface area contributed by atoms with E-state index in [-0.39, 0.29) is 12.0 Å². The van der Waals surface area contributed by atoms with Gasteiger partial charge in [0.25, 0.3) is 5.91 Å². The van der Waals surface area contributed by atoms with Crippen LogP contribution in [0.15, 0.2) is 48.7 Å². The minimum Gasteiger partial charge on any atom is -0.495 e. The molecular weight excluding hydrogens is 444 g/mol. The SMILES string of the molecule is CNC(=O)c1ccc(Nc2nc(OC3CCCC3)c3c(-c4ccccc4N)c[nH]c3n2)c(OC)c1. The zero-order valence-corrected chi connectivity index (χ0v) is 19.7. The van der Waals surface area contributed by atoms with Gasteiger partial charge in [-0.3, -0.25) is 4.79 Å². The number of nitrogen functional groups attached to an aromatic ring is 1. The van der Waals surface area contributed by atoms with E-state index in [2.05, 4.69) is 15.6 Å². The average Bonchev–Trinajstić information content (AvgIpc) is 3.54. The number of hydrogen-bond donors (Lipinski definition) is 4. The number of nitrogens with two attached hydrogens (primary N) is 1. The first-order valence-electron chi connectivity index (χ1n) is 11.6. The van der Waals surface area contributed by atoms with E-state index in [9.17, 15) is 4.79 Å². The highest BCUT2D eigenvalue weighted by Gasteiger charge is 2.23. The molecule has 1 aliphatic rings. The van der Waals surface area contributed by atoms with Crippen molar-refractivity contribution < 1.29 is 14.3 Å². The van der Waals surface area contributed by atoms with Crippen LogP contribution in [0.5, 0.6) is 11.6 Å². The predicted molar refractivity (Wildman–Crippen MR) is 136 cm³/mol. The number of methoxy groups -OCH3 is 1. The van der Waals surface area contributed by atoms with Gasteiger partial charge in [-0.25, -0.2) is 0 Å². The largest absolute Gasteiger partial charge is 0.495 e. The molecule has 0 atom stereocenters. The number of aromatic amines is 1. The quantitative estimate of drug-likeness (QED) is 0.289. The van der Waals surface area contributed by atoms with Crippen molar-refractivity contribution in [3.63, 3.8) is 0 Å². The first-order valence-corrected chi connectivity index (χ1v) is 11.6. The first kappa shape index (κ1) is 22.5. The number of amides is 1. The van der Waals surface area contributed by atoms with Gasteiger partial charge in [-0.1, -0.05) is 18.2 Å². The second-order valence-electron chi connectivity index (χ2n) is 8.51. The topological polar surface area (TPSA) is 127 Å². The van der Waals surface area contributed by atoms with Crippen LogP contribution in [-0.4, -0.2) is 41.1 Å². The summed E-state index contributed by atoms with van der Waals surface area (Å²) in [7, 11) is 3.14. The molecule has 4 aromatic rings. The van der Waals surface area contributed by atoms with Crippen molar-refractivity contribution in [1.29, 1.82) is 0 Å². The fourth-order valence-corrected chi connectivity index (χ4v) is 4.46. The van der Waals surface area contributed by atoms with Gasteiger partial charge in [0, 0.05) is 35.6 Å². The summed E-state index contributed by atoms with van der Waals surface area (Å²) in [5.74, 6) is 1.16. The molecule has 180 valence electrons. The number of ether oxygens (including phenoxy) is 2. The van der Waals surface area contributed by atoms with Crippen LogP contribution in [0.3, 0.4) is 0 Å². The second-order valence-corrected chi connectivity index (χ2v) is 8.51. The standard InChI is InChI=1S/C26H28N6O3/c1-28-24(33)15-11-12-20(21(13-15)34-2)30-26-31-23-22(25(32-26)35-16-7-3-4-8-16)18(14-29-23)17-9-5-6-10-19(17)27/h5-6,9-14,16H,3-4,7-8,27H2,1-2H3,(H,28,33)(H2,29,30,31,32). The monoisotopic (exact) mass is 472 g/mol. The molecule has 0 aliphatic heterocycles. The van der Waals surface area contributed by atoms with Gasteiger partial charge < -0.3 is 30.8 Å². The van der Waals surface area contributed by atoms with Crippen molar-refractivity contribution in [1.82, 2.24) is 20.3 Å². The van der Waals surface area contributed by atoms with Crippen LogP contribution in [0.4, 0.5) is 17.3 Å². The third-order valence-corrected chi connectivity index (χ3v) is 6.27. The zero-order chi connectivity index (χ0) is 24.4. The normalized spacial score (nSPS) is 13.7. The summed E-state index contributed by atoms with van der Waals surface area (Å²) in [5.41, 5.74) is 10.5. The zero-order valence-electron chi connectivity index (χ0n) is 19.7. The molecule has 0 radical (unpaired) electrons. The van der Waals surface area contributed by atoms with Gasteiger partial charge in [0.1, 0.15) is 17.5 Å². The van der Waals surface area contributed by atoms with Gasteiger partial charge in [0.05, 0.1) is 18.2 Å². The maximum absolute atomic E-state index is 12.0. The predicted octanol–water partition coefficient (Wildman–Crippen LogP) is 4.64. The number of hydrogen-bond acceptors (Lipinski definition) is 7. The summed E-state index contributed by atoms with van der Waals surface area (Å²) >= 11 is 0. The number of carbonyl (C=O) groups excluding carboxylic acids is 1. The van der Waals surface area contributed by atoms with Crippen molar-refractivity contribution in [3.05, 3.63) is 54.2 Å². The molecule has 35 heavy (non-hydrogen) atoms. The van der Waals surface area contributed by atoms with Crippen LogP contribution in [0, 0.1) is 0 Å². The van der Waals surface area contributed by atoms with Crippen molar-refractivity contribution in [2.75, 3.05) is 25.2 Å². The number of benzene rings is 2. The molecule has 0 unspecified atom stereocenters. The van der Waals surface area contributed by atoms with E-state index in [0.29, 0.717) is 40.2 Å². The molecule has 5 rings (SSSR count). The lowest BCUT2D eigenvalue weighted by molar-refractivity contribution is 0.0962. The number of rotatable bonds is 7. The third kappa shape index (κ3) is 4.44. The fraction of sp³-hybridized carbons (Fsp3) is 0.269. The average molecular weight is 473 g/mol. The minimum atomic E-state index is -0.195. The van der Waals surface area contributed by atoms with Crippen LogP contribution in [0.2, 0.25) is 0 Å². The molecule has 1 saturated carbocycles. The highest BCUT2D eigenvalue weighted by molar-refractivity contribution is 6.00. The van der Waals surface area contributed by atoms with Gasteiger partial charge in [0.15, 0.2) is 0 Å². The molecule has 0 saturated heterocycles. The van der Waals surface area contributed by atoms with Crippen LogP contribution in [0.25, 0.3) is 22.2 Å². The van der Waals surface area contributed by atoms with E-state index in [1.54, 1.807) is 32.4 Å². The molecule has 0 spiro atoms. The Morgan fingerprint density at radius 1 is 1.11 bits per heavy atom. The number of carbonyl (C=O) groups is 1. The lowest BCUT2D eigenvalue weighted by Gasteiger charge is -2.16. The summed E-state index contributed by atoms with van der Waals surface area (Å²) < 4.78 is 11.9. The molecule has 2 heterocycles. The van der Waals surface area contributed by atoms with Gasteiger partial charge >= 0.3 is 0 Å². The Kier molecular flexibility index (Phi) is 6.13. The number of para-hydroxylation sites is 1. The van der Waals surface area contributed by atoms with E-state index in [4.69, 9.17) is 25.2 Å². The van der Waals surface area contributed by atoms with Gasteiger partial charge in [-0.05, 0) is 49.9 Å². The highest BCUT2D eigenvalue weighted by atomic mass is 16.5. The van der Waals surface area contributed by atoms with Crippen LogP contribution in [-0.2, 0) is 0 Å². The summed E-state index contributed by atoms with van der Waals surface area (Å²) in [5, 5.41) is 6.63. The Hall–Kier alpha value is -4.27. The maximum atomic E-state index is 12.0. The third-order valence-electron chi connectivity index (χ3n) is 6.27. The van der Waals surface area contributed by atoms with Crippen molar-refractivity contribution >= 4 is 34.3 Å². The summed E-state index contributed by atoms with van der Waals surface area (Å²) in [4.78, 5) is 24.7. The molecular formula is C26H28N6O3. The van der Waals surface area contributed by atoms with Crippen molar-refractivity contribution in [2.45, 2.75) is 31.8 Å². The van der Waals surface area contributed by atoms with Crippen molar-refractivity contribution in [2.24, 2.45) is 0 Å². The van der Waals surface area contributed by atoms with Gasteiger partial charge in [0.2, 0.25) is 11.8 Å². The number of fused-ring (bicyclic) bond motifs is 1. The van der Waals surface area contributed by atoms with E-state index in [1.807, 2.05) is 30.5 Å². The van der Waals surface area contributed by atoms with E-state index in [0.717, 1.165) is 42.2 Å². The molecule has 5 N–H and O–H groups in total. The molecule has 1 fully saturated rings. The summed E-state index contributed by atoms with van der Waals surface area (Å²) in [6, 6.07) is 12.8. The van der Waals surface area contributed by atoms with Crippen LogP contribution < -0.4 is 25.8 Å². The van der Waals surface area contributed by atoms with Crippen LogP contribution in [0.1, 0.15) is 36.0 Å². The molecule has 9 heteroatoms. The Labute approximate surface area is 203 Å². The van der Waals surface area contributed by atoms with E-state index in [1.165, 1.54) is 0 Å². The van der Waals surface area contributed by atoms with E-state index < -0.39 is 0 Å². The Balaban J connectivity index is 1.57. The first-order chi connectivity index (χ1) is 17.1. The minimum absolute atomic E-state index is 0.109. The Morgan fingerprint density at radius 2 is 1.91 bits per heavy atom. The van der Waals surface area contributed by atoms with Gasteiger partial charge in [-0.15, -0.1) is 0 Å². The molecule has 2 aromatic heterocycles. The van der Waals surface area contributed by atoms with E-state index >= 15 is 0 Å². The number of aromatic nitrogens is 3. The summed E-state index contributed by atoms with van der Waals surface area (Å²) in [6.45, 7) is 0. The summed E-state index contributed by atoms with van der Waals surface area (Å²) in [6.07, 6.45) is 6.27. The molecule has 1 amide bonds. The number of anilines is 3. The lowest BCUT2D eigenvalue weighted by atomic mass is 10.0. The lowest BCUT2D eigenvalue weighted by Crippen LogP contribution is -2.17. The number of H-pyrrole nitrogens is 1. The second kappa shape index (κ2) is 9.54. The maximum Gasteiger partial charge on any atom is 0.251 e. The number of nitrogens with zero attached hydrogens (tertiary/aromatic N) is 2. The smallest absolute Gasteiger partial charge is 0.251 e. The molecule has 2 aromatic carbocycles. The number of nitrogens with one attached hydrogen (secondary N) is 3. The Bertz CT molecular complexity index is 1380. The molecule has 0 bridgehead atoms. The van der Waals surface area contributed by atoms with Crippen molar-refractivity contribution in [3.8, 4) is 22.8 Å². The van der Waals surface area contributed by atoms with Gasteiger partial charge in [-0.2, -0.15) is 9.97 Å². The fourth-order valence-electron chi connectivity index (χ4n) is 4.46.